The summed E-state index contributed by atoms with van der Waals surface area (Å²) in [7, 11) is -5.67. The van der Waals surface area contributed by atoms with E-state index in [1.54, 1.807) is 13.8 Å². The third kappa shape index (κ3) is 4.28. The summed E-state index contributed by atoms with van der Waals surface area (Å²) in [5, 5.41) is 0. The molecule has 0 aliphatic carbocycles. The van der Waals surface area contributed by atoms with Crippen LogP contribution in [-0.4, -0.2) is 31.9 Å². The zero-order chi connectivity index (χ0) is 13.3. The Morgan fingerprint density at radius 3 is 1.94 bits per heavy atom. The molecule has 0 heterocycles. The summed E-state index contributed by atoms with van der Waals surface area (Å²) in [6.45, 7) is 11.8. The Balaban J connectivity index is 4.63. The van der Waals surface area contributed by atoms with Gasteiger partial charge in [0.05, 0.1) is 14.4 Å². The summed E-state index contributed by atoms with van der Waals surface area (Å²) in [5.41, 5.74) is 0. The first kappa shape index (κ1) is 16.3. The van der Waals surface area contributed by atoms with E-state index in [-0.39, 0.29) is 5.75 Å². The molecule has 0 bridgehead atoms. The Labute approximate surface area is 101 Å². The fourth-order valence-corrected chi connectivity index (χ4v) is 4.72. The average Bonchev–Trinajstić information content (AvgIpc) is 1.99. The minimum atomic E-state index is -4.47. The predicted molar refractivity (Wildman–Crippen MR) is 75.4 cm³/mol. The van der Waals surface area contributed by atoms with E-state index in [1.165, 1.54) is 0 Å². The van der Waals surface area contributed by atoms with Crippen LogP contribution in [0.2, 0.25) is 25.7 Å². The van der Waals surface area contributed by atoms with Gasteiger partial charge in [-0.1, -0.05) is 32.6 Å². The molecule has 3 nitrogen and oxygen atoms in total. The number of hydrogen-bond donors (Lipinski definition) is 2. The highest BCUT2D eigenvalue weighted by Crippen LogP contribution is 2.37. The summed E-state index contributed by atoms with van der Waals surface area (Å²) < 4.78 is 31.4. The normalized spacial score (nSPS) is 16.9. The van der Waals surface area contributed by atoms with Crippen molar-refractivity contribution in [1.82, 2.24) is 0 Å². The van der Waals surface area contributed by atoms with Gasteiger partial charge in [0.25, 0.3) is 0 Å². The molecule has 0 aliphatic heterocycles. The first-order chi connectivity index (χ1) is 6.80. The third-order valence-corrected chi connectivity index (χ3v) is 8.79. The van der Waals surface area contributed by atoms with Gasteiger partial charge in [0, 0.05) is 13.8 Å². The van der Waals surface area contributed by atoms with Gasteiger partial charge in [-0.25, -0.2) is 4.21 Å². The standard InChI is InChI=1S/C11H28O3SSi/c1-7-11(2,3)15(12,13,14)9-8-10-16(4,5)6/h7-10H2,1-6H3,(H2,12,13,14). The van der Waals surface area contributed by atoms with Crippen molar-refractivity contribution in [3.05, 3.63) is 0 Å². The van der Waals surface area contributed by atoms with Gasteiger partial charge >= 0.3 is 0 Å². The van der Waals surface area contributed by atoms with Crippen molar-refractivity contribution >= 4 is 17.7 Å². The Kier molecular flexibility index (Phi) is 4.60. The molecule has 16 heavy (non-hydrogen) atoms. The van der Waals surface area contributed by atoms with Crippen molar-refractivity contribution in [2.75, 3.05) is 5.75 Å². The van der Waals surface area contributed by atoms with Crippen molar-refractivity contribution in [2.45, 2.75) is 64.0 Å². The fraction of sp³-hybridized carbons (Fsp3) is 1.00. The molecule has 0 aromatic rings. The molecule has 0 radical (unpaired) electrons. The van der Waals surface area contributed by atoms with Crippen LogP contribution in [0.1, 0.15) is 33.6 Å². The van der Waals surface area contributed by atoms with Gasteiger partial charge < -0.3 is 9.11 Å². The van der Waals surface area contributed by atoms with Crippen molar-refractivity contribution in [3.8, 4) is 0 Å². The molecule has 0 unspecified atom stereocenters. The zero-order valence-electron chi connectivity index (χ0n) is 11.5. The van der Waals surface area contributed by atoms with E-state index < -0.39 is 22.4 Å². The average molecular weight is 268 g/mol. The lowest BCUT2D eigenvalue weighted by molar-refractivity contribution is 0.346. The zero-order valence-corrected chi connectivity index (χ0v) is 13.4. The van der Waals surface area contributed by atoms with Crippen LogP contribution in [-0.2, 0) is 9.63 Å². The molecule has 0 amide bonds. The summed E-state index contributed by atoms with van der Waals surface area (Å²) in [4.78, 5) is 0. The molecule has 0 spiro atoms. The van der Waals surface area contributed by atoms with Crippen molar-refractivity contribution in [1.29, 1.82) is 0 Å². The summed E-state index contributed by atoms with van der Waals surface area (Å²) in [5.74, 6) is 0.0162. The van der Waals surface area contributed by atoms with Crippen LogP contribution in [0.15, 0.2) is 0 Å². The quantitative estimate of drug-likeness (QED) is 0.723. The van der Waals surface area contributed by atoms with Crippen LogP contribution in [0.4, 0.5) is 0 Å². The largest absolute Gasteiger partial charge is 0.307 e. The Hall–Kier alpha value is 0.287. The third-order valence-electron chi connectivity index (χ3n) is 3.40. The second-order valence-electron chi connectivity index (χ2n) is 6.50. The van der Waals surface area contributed by atoms with Crippen molar-refractivity contribution in [2.24, 2.45) is 0 Å². The topological polar surface area (TPSA) is 57.5 Å². The van der Waals surface area contributed by atoms with Crippen LogP contribution >= 0.6 is 0 Å². The van der Waals surface area contributed by atoms with Crippen LogP contribution in [0.3, 0.4) is 0 Å². The van der Waals surface area contributed by atoms with E-state index in [9.17, 15) is 13.3 Å². The lowest BCUT2D eigenvalue weighted by Gasteiger charge is -2.44. The van der Waals surface area contributed by atoms with Crippen LogP contribution < -0.4 is 0 Å². The Morgan fingerprint density at radius 2 is 1.62 bits per heavy atom. The highest BCUT2D eigenvalue weighted by molar-refractivity contribution is 8.11. The summed E-state index contributed by atoms with van der Waals surface area (Å²) in [6.07, 6.45) is 1.13. The monoisotopic (exact) mass is 268 g/mol. The molecule has 2 N–H and O–H groups in total. The van der Waals surface area contributed by atoms with Crippen molar-refractivity contribution < 1.29 is 13.3 Å². The van der Waals surface area contributed by atoms with Gasteiger partial charge in [0.15, 0.2) is 0 Å². The summed E-state index contributed by atoms with van der Waals surface area (Å²) in [6, 6.07) is 0.975. The van der Waals surface area contributed by atoms with Crippen LogP contribution in [0, 0.1) is 0 Å². The second kappa shape index (κ2) is 4.52. The molecule has 5 heteroatoms. The minimum Gasteiger partial charge on any atom is -0.307 e. The minimum absolute atomic E-state index is 0.0162. The lowest BCUT2D eigenvalue weighted by atomic mass is 10.1. The molecule has 0 saturated heterocycles. The second-order valence-corrected chi connectivity index (χ2v) is 15.7. The maximum atomic E-state index is 12.3. The molecule has 100 valence electrons. The predicted octanol–water partition coefficient (Wildman–Crippen LogP) is 3.67. The Morgan fingerprint density at radius 1 is 1.19 bits per heavy atom. The van der Waals surface area contributed by atoms with Gasteiger partial charge in [-0.15, -0.1) is 0 Å². The highest BCUT2D eigenvalue weighted by atomic mass is 32.3. The van der Waals surface area contributed by atoms with Crippen LogP contribution in [0.5, 0.6) is 0 Å². The molecule has 0 aliphatic rings. The van der Waals surface area contributed by atoms with E-state index in [0.717, 1.165) is 6.04 Å². The molecule has 0 atom stereocenters. The molecule has 0 rings (SSSR count). The molecular formula is C11H28O3SSi. The SMILES string of the molecule is CCC(C)(C)S(=O)(O)(O)CCC[Si](C)(C)C. The maximum absolute atomic E-state index is 12.3. The molecule has 0 saturated carbocycles. The number of rotatable bonds is 6. The molecule has 0 fully saturated rings. The van der Waals surface area contributed by atoms with Gasteiger partial charge in [-0.3, -0.25) is 0 Å². The Bertz CT molecular complexity index is 299. The first-order valence-corrected chi connectivity index (χ1v) is 11.7. The van der Waals surface area contributed by atoms with E-state index >= 15 is 0 Å². The fourth-order valence-electron chi connectivity index (χ4n) is 1.43. The lowest BCUT2D eigenvalue weighted by Crippen LogP contribution is -2.53. The van der Waals surface area contributed by atoms with E-state index in [1.807, 2.05) is 6.92 Å². The van der Waals surface area contributed by atoms with Gasteiger partial charge in [-0.2, -0.15) is 0 Å². The number of hydrogen-bond acceptors (Lipinski definition) is 1. The van der Waals surface area contributed by atoms with Crippen LogP contribution in [0.25, 0.3) is 0 Å². The summed E-state index contributed by atoms with van der Waals surface area (Å²) >= 11 is 0. The molecule has 0 aromatic carbocycles. The maximum Gasteiger partial charge on any atom is 0.0875 e. The van der Waals surface area contributed by atoms with Gasteiger partial charge in [-0.05, 0) is 26.7 Å². The smallest absolute Gasteiger partial charge is 0.0875 e. The molecule has 0 aromatic heterocycles. The first-order valence-electron chi connectivity index (χ1n) is 5.94. The van der Waals surface area contributed by atoms with E-state index in [2.05, 4.69) is 19.6 Å². The van der Waals surface area contributed by atoms with Crippen molar-refractivity contribution in [3.63, 3.8) is 0 Å². The van der Waals surface area contributed by atoms with E-state index in [4.69, 9.17) is 0 Å². The van der Waals surface area contributed by atoms with Gasteiger partial charge in [0.1, 0.15) is 0 Å². The highest BCUT2D eigenvalue weighted by Gasteiger charge is 2.45. The van der Waals surface area contributed by atoms with E-state index in [0.29, 0.717) is 12.8 Å². The molecular weight excluding hydrogens is 240 g/mol. The van der Waals surface area contributed by atoms with Gasteiger partial charge in [0.2, 0.25) is 0 Å².